The molecule has 0 aliphatic rings. The van der Waals surface area contributed by atoms with Crippen LogP contribution in [0, 0.1) is 5.82 Å². The zero-order chi connectivity index (χ0) is 22.0. The minimum atomic E-state index is -5.15. The molecule has 156 valence electrons. The highest BCUT2D eigenvalue weighted by Crippen LogP contribution is 2.36. The van der Waals surface area contributed by atoms with Gasteiger partial charge in [-0.2, -0.15) is 26.3 Å². The third-order valence-corrected chi connectivity index (χ3v) is 3.88. The highest BCUT2D eigenvalue weighted by atomic mass is 19.4. The Balaban J connectivity index is 2.36. The van der Waals surface area contributed by atoms with Crippen LogP contribution in [0.4, 0.5) is 30.7 Å². The van der Waals surface area contributed by atoms with Crippen LogP contribution >= 0.6 is 0 Å². The maximum absolute atomic E-state index is 13.7. The predicted octanol–water partition coefficient (Wildman–Crippen LogP) is 3.69. The van der Waals surface area contributed by atoms with Gasteiger partial charge in [0.1, 0.15) is 11.9 Å². The molecule has 2 rings (SSSR count). The van der Waals surface area contributed by atoms with E-state index in [0.29, 0.717) is 0 Å². The molecule has 0 radical (unpaired) electrons. The van der Waals surface area contributed by atoms with Crippen molar-refractivity contribution >= 4 is 11.8 Å². The van der Waals surface area contributed by atoms with Gasteiger partial charge in [-0.15, -0.1) is 0 Å². The molecule has 0 bridgehead atoms. The third kappa shape index (κ3) is 5.69. The van der Waals surface area contributed by atoms with Crippen molar-refractivity contribution in [3.8, 4) is 0 Å². The molecule has 0 heterocycles. The van der Waals surface area contributed by atoms with Crippen LogP contribution in [0.1, 0.15) is 27.0 Å². The van der Waals surface area contributed by atoms with Gasteiger partial charge in [0, 0.05) is 12.0 Å². The van der Waals surface area contributed by atoms with Crippen molar-refractivity contribution in [3.63, 3.8) is 0 Å². The second kappa shape index (κ2) is 8.10. The highest BCUT2D eigenvalue weighted by molar-refractivity contribution is 5.97. The molecule has 0 aliphatic carbocycles. The molecule has 0 aromatic heterocycles. The number of rotatable bonds is 5. The second-order valence-electron chi connectivity index (χ2n) is 6.02. The average Bonchev–Trinajstić information content (AvgIpc) is 2.60. The first-order valence-electron chi connectivity index (χ1n) is 7.92. The molecule has 0 spiro atoms. The van der Waals surface area contributed by atoms with Crippen LogP contribution < -0.4 is 11.1 Å². The lowest BCUT2D eigenvalue weighted by molar-refractivity contribution is -0.143. The highest BCUT2D eigenvalue weighted by Gasteiger charge is 2.37. The number of amides is 2. The van der Waals surface area contributed by atoms with Crippen LogP contribution in [0.25, 0.3) is 0 Å². The predicted molar refractivity (Wildman–Crippen MR) is 87.0 cm³/mol. The van der Waals surface area contributed by atoms with Crippen molar-refractivity contribution in [2.75, 3.05) is 0 Å². The zero-order valence-electron chi connectivity index (χ0n) is 14.4. The van der Waals surface area contributed by atoms with E-state index in [-0.39, 0.29) is 23.8 Å². The molecule has 3 N–H and O–H groups in total. The maximum Gasteiger partial charge on any atom is 0.416 e. The van der Waals surface area contributed by atoms with Crippen molar-refractivity contribution in [1.82, 2.24) is 5.32 Å². The van der Waals surface area contributed by atoms with Gasteiger partial charge in [0.15, 0.2) is 0 Å². The first kappa shape index (κ1) is 22.2. The summed E-state index contributed by atoms with van der Waals surface area (Å²) in [5, 5.41) is 1.95. The Morgan fingerprint density at radius 2 is 1.45 bits per heavy atom. The molecule has 2 amide bonds. The van der Waals surface area contributed by atoms with Crippen molar-refractivity contribution in [1.29, 1.82) is 0 Å². The van der Waals surface area contributed by atoms with Gasteiger partial charge in [0.25, 0.3) is 5.91 Å². The van der Waals surface area contributed by atoms with E-state index in [1.54, 1.807) is 0 Å². The molecule has 1 atom stereocenters. The summed E-state index contributed by atoms with van der Waals surface area (Å²) in [7, 11) is 0. The third-order valence-electron chi connectivity index (χ3n) is 3.88. The SMILES string of the molecule is NC(=O)[C@@H](Cc1ccccc1F)NC(=O)c1cc(C(F)(F)F)cc(C(F)(F)F)c1. The minimum Gasteiger partial charge on any atom is -0.368 e. The van der Waals surface area contributed by atoms with Gasteiger partial charge in [-0.1, -0.05) is 18.2 Å². The second-order valence-corrected chi connectivity index (χ2v) is 6.02. The van der Waals surface area contributed by atoms with Crippen LogP contribution in [0.15, 0.2) is 42.5 Å². The fourth-order valence-electron chi connectivity index (χ4n) is 2.43. The van der Waals surface area contributed by atoms with E-state index in [1.807, 2.05) is 5.32 Å². The Hall–Kier alpha value is -3.11. The van der Waals surface area contributed by atoms with Crippen LogP contribution in [-0.2, 0) is 23.6 Å². The maximum atomic E-state index is 13.7. The molecule has 2 aromatic rings. The standard InChI is InChI=1S/C18H13F7N2O2/c19-13-4-2-1-3-9(13)7-14(15(26)28)27-16(29)10-5-11(17(20,21)22)8-12(6-10)18(23,24)25/h1-6,8,14H,7H2,(H2,26,28)(H,27,29)/t14-/m1/s1. The molecule has 11 heteroatoms. The lowest BCUT2D eigenvalue weighted by atomic mass is 10.0. The smallest absolute Gasteiger partial charge is 0.368 e. The van der Waals surface area contributed by atoms with Gasteiger partial charge in [-0.3, -0.25) is 9.59 Å². The minimum absolute atomic E-state index is 0.0309. The number of nitrogens with one attached hydrogen (secondary N) is 1. The summed E-state index contributed by atoms with van der Waals surface area (Å²) in [6.45, 7) is 0. The summed E-state index contributed by atoms with van der Waals surface area (Å²) in [6.07, 6.45) is -10.7. The molecule has 29 heavy (non-hydrogen) atoms. The summed E-state index contributed by atoms with van der Waals surface area (Å²) in [6, 6.07) is 3.86. The molecule has 0 saturated heterocycles. The Morgan fingerprint density at radius 1 is 0.931 bits per heavy atom. The van der Waals surface area contributed by atoms with E-state index in [2.05, 4.69) is 0 Å². The number of halogens is 7. The number of alkyl halides is 6. The van der Waals surface area contributed by atoms with Crippen molar-refractivity contribution in [2.45, 2.75) is 24.8 Å². The zero-order valence-corrected chi connectivity index (χ0v) is 14.4. The number of nitrogens with two attached hydrogens (primary N) is 1. The lowest BCUT2D eigenvalue weighted by Crippen LogP contribution is -2.46. The van der Waals surface area contributed by atoms with Gasteiger partial charge in [-0.25, -0.2) is 4.39 Å². The van der Waals surface area contributed by atoms with E-state index < -0.39 is 59.1 Å². The fourth-order valence-corrected chi connectivity index (χ4v) is 2.43. The van der Waals surface area contributed by atoms with Gasteiger partial charge < -0.3 is 11.1 Å². The summed E-state index contributed by atoms with van der Waals surface area (Å²) in [4.78, 5) is 23.8. The molecule has 4 nitrogen and oxygen atoms in total. The summed E-state index contributed by atoms with van der Waals surface area (Å²) >= 11 is 0. The summed E-state index contributed by atoms with van der Waals surface area (Å²) < 4.78 is 91.2. The number of hydrogen-bond acceptors (Lipinski definition) is 2. The Kier molecular flexibility index (Phi) is 6.19. The molecular formula is C18H13F7N2O2. The average molecular weight is 422 g/mol. The Morgan fingerprint density at radius 3 is 1.90 bits per heavy atom. The molecule has 2 aromatic carbocycles. The van der Waals surface area contributed by atoms with Crippen molar-refractivity contribution in [3.05, 3.63) is 70.5 Å². The quantitative estimate of drug-likeness (QED) is 0.722. The van der Waals surface area contributed by atoms with Gasteiger partial charge in [0.05, 0.1) is 11.1 Å². The van der Waals surface area contributed by atoms with Crippen LogP contribution in [0.2, 0.25) is 0 Å². The van der Waals surface area contributed by atoms with E-state index in [9.17, 15) is 40.3 Å². The molecule has 0 unspecified atom stereocenters. The Labute approximate surface area is 159 Å². The van der Waals surface area contributed by atoms with Crippen LogP contribution in [0.5, 0.6) is 0 Å². The molecular weight excluding hydrogens is 409 g/mol. The monoisotopic (exact) mass is 422 g/mol. The number of hydrogen-bond donors (Lipinski definition) is 2. The number of benzene rings is 2. The van der Waals surface area contributed by atoms with Crippen LogP contribution in [-0.4, -0.2) is 17.9 Å². The van der Waals surface area contributed by atoms with E-state index in [0.717, 1.165) is 6.07 Å². The Bertz CT molecular complexity index is 891. The summed E-state index contributed by atoms with van der Waals surface area (Å²) in [5.41, 5.74) is 0.728. The van der Waals surface area contributed by atoms with Crippen molar-refractivity contribution in [2.24, 2.45) is 5.73 Å². The molecule has 0 fully saturated rings. The van der Waals surface area contributed by atoms with Gasteiger partial charge in [-0.05, 0) is 29.8 Å². The largest absolute Gasteiger partial charge is 0.416 e. The molecule has 0 aliphatic heterocycles. The van der Waals surface area contributed by atoms with E-state index in [1.165, 1.54) is 18.2 Å². The number of carbonyl (C=O) groups is 2. The van der Waals surface area contributed by atoms with E-state index >= 15 is 0 Å². The summed E-state index contributed by atoms with van der Waals surface area (Å²) in [5.74, 6) is -3.28. The van der Waals surface area contributed by atoms with Gasteiger partial charge >= 0.3 is 12.4 Å². The normalized spacial score (nSPS) is 13.1. The lowest BCUT2D eigenvalue weighted by Gasteiger charge is -2.18. The van der Waals surface area contributed by atoms with Crippen molar-refractivity contribution < 1.29 is 40.3 Å². The topological polar surface area (TPSA) is 72.2 Å². The first-order chi connectivity index (χ1) is 13.3. The van der Waals surface area contributed by atoms with Crippen LogP contribution in [0.3, 0.4) is 0 Å². The fraction of sp³-hybridized carbons (Fsp3) is 0.222. The number of primary amides is 1. The molecule has 0 saturated carbocycles. The van der Waals surface area contributed by atoms with Gasteiger partial charge in [0.2, 0.25) is 5.91 Å². The first-order valence-corrected chi connectivity index (χ1v) is 7.92. The number of carbonyl (C=O) groups excluding carboxylic acids is 2. The van der Waals surface area contributed by atoms with E-state index in [4.69, 9.17) is 5.73 Å².